The standard InChI is InChI=1S/C21H24FN3O4S/c1-14-9-10-15(2)19(12-14)30(28,29)25-11-5-6-16(25)13-23-20(26)21(27)24-18-8-4-3-7-17(18)22/h3-4,7-10,12,16H,5-6,11,13H2,1-2H3,(H,23,26)(H,24,27). The van der Waals surface area contributed by atoms with Crippen LogP contribution in [0.15, 0.2) is 47.4 Å². The predicted octanol–water partition coefficient (Wildman–Crippen LogP) is 2.35. The van der Waals surface area contributed by atoms with E-state index in [1.54, 1.807) is 19.1 Å². The van der Waals surface area contributed by atoms with Crippen LogP contribution in [0.4, 0.5) is 10.1 Å². The molecule has 0 spiro atoms. The molecular weight excluding hydrogens is 409 g/mol. The maximum atomic E-state index is 13.6. The molecule has 2 amide bonds. The molecule has 30 heavy (non-hydrogen) atoms. The molecule has 7 nitrogen and oxygen atoms in total. The average Bonchev–Trinajstić information content (AvgIpc) is 3.19. The highest BCUT2D eigenvalue weighted by Crippen LogP contribution is 2.28. The fourth-order valence-corrected chi connectivity index (χ4v) is 5.48. The summed E-state index contributed by atoms with van der Waals surface area (Å²) in [4.78, 5) is 24.4. The second-order valence-electron chi connectivity index (χ2n) is 7.32. The average molecular weight is 434 g/mol. The van der Waals surface area contributed by atoms with E-state index < -0.39 is 33.7 Å². The van der Waals surface area contributed by atoms with Gasteiger partial charge in [0.15, 0.2) is 0 Å². The number of nitrogens with one attached hydrogen (secondary N) is 2. The van der Waals surface area contributed by atoms with Gasteiger partial charge in [0, 0.05) is 19.1 Å². The molecule has 3 rings (SSSR count). The molecule has 1 atom stereocenters. The smallest absolute Gasteiger partial charge is 0.313 e. The van der Waals surface area contributed by atoms with Gasteiger partial charge in [0.25, 0.3) is 0 Å². The number of anilines is 1. The van der Waals surface area contributed by atoms with Crippen LogP contribution in [0.1, 0.15) is 24.0 Å². The Balaban J connectivity index is 1.66. The Labute approximate surface area is 175 Å². The molecule has 0 saturated carbocycles. The van der Waals surface area contributed by atoms with E-state index in [0.29, 0.717) is 24.9 Å². The topological polar surface area (TPSA) is 95.6 Å². The van der Waals surface area contributed by atoms with Crippen molar-refractivity contribution >= 4 is 27.5 Å². The number of amides is 2. The van der Waals surface area contributed by atoms with Crippen LogP contribution in [0.2, 0.25) is 0 Å². The number of carbonyl (C=O) groups excluding carboxylic acids is 2. The summed E-state index contributed by atoms with van der Waals surface area (Å²) in [5, 5.41) is 4.67. The van der Waals surface area contributed by atoms with Gasteiger partial charge in [-0.3, -0.25) is 9.59 Å². The first kappa shape index (κ1) is 21.9. The minimum absolute atomic E-state index is 0.00633. The fraction of sp³-hybridized carbons (Fsp3) is 0.333. The molecule has 1 saturated heterocycles. The highest BCUT2D eigenvalue weighted by atomic mass is 32.2. The van der Waals surface area contributed by atoms with E-state index in [2.05, 4.69) is 10.6 Å². The zero-order valence-electron chi connectivity index (χ0n) is 16.8. The molecule has 1 aliphatic heterocycles. The number of hydrogen-bond acceptors (Lipinski definition) is 4. The van der Waals surface area contributed by atoms with Crippen molar-refractivity contribution in [1.82, 2.24) is 9.62 Å². The number of sulfonamides is 1. The molecule has 9 heteroatoms. The zero-order chi connectivity index (χ0) is 21.9. The summed E-state index contributed by atoms with van der Waals surface area (Å²) in [6.07, 6.45) is 1.23. The Bertz CT molecular complexity index is 1070. The van der Waals surface area contributed by atoms with Gasteiger partial charge < -0.3 is 10.6 Å². The second kappa shape index (κ2) is 8.93. The summed E-state index contributed by atoms with van der Waals surface area (Å²) in [6, 6.07) is 10.3. The van der Waals surface area contributed by atoms with Gasteiger partial charge in [-0.15, -0.1) is 0 Å². The van der Waals surface area contributed by atoms with Crippen LogP contribution >= 0.6 is 0 Å². The van der Waals surface area contributed by atoms with Gasteiger partial charge in [0.1, 0.15) is 5.82 Å². The number of hydrogen-bond donors (Lipinski definition) is 2. The molecule has 2 aromatic carbocycles. The summed E-state index contributed by atoms with van der Waals surface area (Å²) >= 11 is 0. The van der Waals surface area contributed by atoms with Crippen molar-refractivity contribution in [2.45, 2.75) is 37.6 Å². The van der Waals surface area contributed by atoms with Gasteiger partial charge >= 0.3 is 11.8 Å². The van der Waals surface area contributed by atoms with Crippen LogP contribution < -0.4 is 10.6 Å². The Kier molecular flexibility index (Phi) is 6.52. The highest BCUT2D eigenvalue weighted by molar-refractivity contribution is 7.89. The van der Waals surface area contributed by atoms with E-state index in [0.717, 1.165) is 5.56 Å². The Hall–Kier alpha value is -2.78. The normalized spacial score (nSPS) is 17.0. The van der Waals surface area contributed by atoms with Crippen LogP contribution in [-0.2, 0) is 19.6 Å². The van der Waals surface area contributed by atoms with Gasteiger partial charge in [-0.1, -0.05) is 24.3 Å². The maximum Gasteiger partial charge on any atom is 0.313 e. The van der Waals surface area contributed by atoms with E-state index in [9.17, 15) is 22.4 Å². The molecule has 2 N–H and O–H groups in total. The summed E-state index contributed by atoms with van der Waals surface area (Å²) in [6.45, 7) is 3.91. The van der Waals surface area contributed by atoms with Gasteiger partial charge in [0.2, 0.25) is 10.0 Å². The molecule has 1 heterocycles. The number of halogens is 1. The predicted molar refractivity (Wildman–Crippen MR) is 111 cm³/mol. The molecule has 0 aliphatic carbocycles. The fourth-order valence-electron chi connectivity index (χ4n) is 3.47. The summed E-state index contributed by atoms with van der Waals surface area (Å²) in [7, 11) is -3.73. The first-order valence-electron chi connectivity index (χ1n) is 9.63. The van der Waals surface area contributed by atoms with Gasteiger partial charge in [0.05, 0.1) is 10.6 Å². The third kappa shape index (κ3) is 4.68. The molecule has 0 radical (unpaired) electrons. The molecule has 1 aliphatic rings. The van der Waals surface area contributed by atoms with Crippen molar-refractivity contribution in [2.75, 3.05) is 18.4 Å². The number of rotatable bonds is 5. The number of para-hydroxylation sites is 1. The molecule has 0 bridgehead atoms. The van der Waals surface area contributed by atoms with Gasteiger partial charge in [-0.2, -0.15) is 4.31 Å². The lowest BCUT2D eigenvalue weighted by molar-refractivity contribution is -0.136. The number of carbonyl (C=O) groups is 2. The molecule has 2 aromatic rings. The first-order valence-corrected chi connectivity index (χ1v) is 11.1. The number of benzene rings is 2. The minimum Gasteiger partial charge on any atom is -0.346 e. The monoisotopic (exact) mass is 433 g/mol. The summed E-state index contributed by atoms with van der Waals surface area (Å²) in [5.41, 5.74) is 1.39. The maximum absolute atomic E-state index is 13.6. The first-order chi connectivity index (χ1) is 14.2. The second-order valence-corrected chi connectivity index (χ2v) is 9.18. The molecule has 1 fully saturated rings. The lowest BCUT2D eigenvalue weighted by Gasteiger charge is -2.25. The van der Waals surface area contributed by atoms with E-state index in [-0.39, 0.29) is 17.1 Å². The summed E-state index contributed by atoms with van der Waals surface area (Å²) in [5.74, 6) is -2.61. The number of nitrogens with zero attached hydrogens (tertiary/aromatic N) is 1. The Morgan fingerprint density at radius 1 is 1.13 bits per heavy atom. The van der Waals surface area contributed by atoms with E-state index in [1.165, 1.54) is 28.6 Å². The summed E-state index contributed by atoms with van der Waals surface area (Å²) < 4.78 is 41.3. The van der Waals surface area contributed by atoms with E-state index in [4.69, 9.17) is 0 Å². The van der Waals surface area contributed by atoms with E-state index in [1.807, 2.05) is 13.0 Å². The quantitative estimate of drug-likeness (QED) is 0.708. The van der Waals surface area contributed by atoms with Crippen molar-refractivity contribution in [2.24, 2.45) is 0 Å². The van der Waals surface area contributed by atoms with Crippen LogP contribution in [0.3, 0.4) is 0 Å². The molecule has 160 valence electrons. The van der Waals surface area contributed by atoms with Crippen molar-refractivity contribution in [3.05, 3.63) is 59.4 Å². The lowest BCUT2D eigenvalue weighted by Crippen LogP contribution is -2.45. The Morgan fingerprint density at radius 2 is 1.87 bits per heavy atom. The number of aryl methyl sites for hydroxylation is 2. The molecular formula is C21H24FN3O4S. The van der Waals surface area contributed by atoms with E-state index >= 15 is 0 Å². The Morgan fingerprint density at radius 3 is 2.60 bits per heavy atom. The van der Waals surface area contributed by atoms with Crippen molar-refractivity contribution in [1.29, 1.82) is 0 Å². The molecule has 1 unspecified atom stereocenters. The van der Waals surface area contributed by atoms with Crippen LogP contribution in [-0.4, -0.2) is 43.7 Å². The SMILES string of the molecule is Cc1ccc(C)c(S(=O)(=O)N2CCCC2CNC(=O)C(=O)Nc2ccccc2F)c1. The van der Waals surface area contributed by atoms with Crippen LogP contribution in [0.25, 0.3) is 0 Å². The largest absolute Gasteiger partial charge is 0.346 e. The van der Waals surface area contributed by atoms with Crippen molar-refractivity contribution in [3.8, 4) is 0 Å². The third-order valence-corrected chi connectivity index (χ3v) is 7.17. The van der Waals surface area contributed by atoms with Gasteiger partial charge in [-0.25, -0.2) is 12.8 Å². The van der Waals surface area contributed by atoms with Gasteiger partial charge in [-0.05, 0) is 56.0 Å². The third-order valence-electron chi connectivity index (χ3n) is 5.08. The van der Waals surface area contributed by atoms with Crippen LogP contribution in [0.5, 0.6) is 0 Å². The molecule has 0 aromatic heterocycles. The lowest BCUT2D eigenvalue weighted by atomic mass is 10.2. The van der Waals surface area contributed by atoms with Crippen molar-refractivity contribution < 1.29 is 22.4 Å². The van der Waals surface area contributed by atoms with Crippen molar-refractivity contribution in [3.63, 3.8) is 0 Å². The minimum atomic E-state index is -3.73. The highest BCUT2D eigenvalue weighted by Gasteiger charge is 2.36. The zero-order valence-corrected chi connectivity index (χ0v) is 17.6. The van der Waals surface area contributed by atoms with Crippen LogP contribution in [0, 0.1) is 19.7 Å².